The third-order valence-corrected chi connectivity index (χ3v) is 4.19. The molecule has 6 nitrogen and oxygen atoms in total. The number of rotatable bonds is 5. The first-order chi connectivity index (χ1) is 8.12. The fourth-order valence-electron chi connectivity index (χ4n) is 2.09. The highest BCUT2D eigenvalue weighted by atomic mass is 32.3. The van der Waals surface area contributed by atoms with E-state index >= 15 is 0 Å². The molecule has 0 spiro atoms. The van der Waals surface area contributed by atoms with Crippen LogP contribution in [-0.4, -0.2) is 48.1 Å². The number of nitrogens with zero attached hydrogens (tertiary/aromatic N) is 1. The molecular formula is C10H16FNO5S. The highest BCUT2D eigenvalue weighted by Crippen LogP contribution is 2.26. The highest BCUT2D eigenvalue weighted by molar-refractivity contribution is 7.87. The molecule has 0 bridgehead atoms. The number of carboxylic acid groups (broad SMARTS) is 1. The number of carbonyl (C=O) groups is 2. The lowest BCUT2D eigenvalue weighted by atomic mass is 9.99. The Morgan fingerprint density at radius 3 is 2.44 bits per heavy atom. The van der Waals surface area contributed by atoms with E-state index in [0.29, 0.717) is 0 Å². The number of carbonyl (C=O) groups excluding carboxylic acids is 1. The fraction of sp³-hybridized carbons (Fsp3) is 0.800. The summed E-state index contributed by atoms with van der Waals surface area (Å²) in [7, 11) is -4.77. The molecule has 1 heterocycles. The summed E-state index contributed by atoms with van der Waals surface area (Å²) < 4.78 is 34.4. The van der Waals surface area contributed by atoms with Crippen LogP contribution in [0.2, 0.25) is 0 Å². The van der Waals surface area contributed by atoms with Crippen molar-refractivity contribution in [1.82, 2.24) is 4.90 Å². The summed E-state index contributed by atoms with van der Waals surface area (Å²) in [5.74, 6) is -1.74. The van der Waals surface area contributed by atoms with Crippen LogP contribution in [0.4, 0.5) is 3.89 Å². The number of hydrogen-bond acceptors (Lipinski definition) is 4. The van der Waals surface area contributed by atoms with Crippen molar-refractivity contribution in [3.8, 4) is 0 Å². The van der Waals surface area contributed by atoms with Gasteiger partial charge < -0.3 is 10.0 Å². The standard InChI is InChI=1S/C10H16FNO5S/c1-6(2)8(4-10(14)15)12-5-7(3-9(12)13)18(11,16)17/h6-8H,3-5H2,1-2H3,(H,14,15). The molecule has 1 aliphatic rings. The highest BCUT2D eigenvalue weighted by Gasteiger charge is 2.42. The van der Waals surface area contributed by atoms with Crippen LogP contribution in [0.25, 0.3) is 0 Å². The molecule has 1 saturated heterocycles. The Labute approximate surface area is 105 Å². The van der Waals surface area contributed by atoms with Crippen molar-refractivity contribution < 1.29 is 27.0 Å². The van der Waals surface area contributed by atoms with Crippen LogP contribution in [0.1, 0.15) is 26.7 Å². The van der Waals surface area contributed by atoms with Crippen molar-refractivity contribution in [2.75, 3.05) is 6.54 Å². The molecule has 18 heavy (non-hydrogen) atoms. The molecule has 0 aromatic rings. The zero-order valence-electron chi connectivity index (χ0n) is 10.2. The molecule has 104 valence electrons. The summed E-state index contributed by atoms with van der Waals surface area (Å²) in [6.07, 6.45) is -0.690. The molecule has 8 heteroatoms. The molecular weight excluding hydrogens is 265 g/mol. The Balaban J connectivity index is 2.88. The van der Waals surface area contributed by atoms with E-state index in [1.807, 2.05) is 0 Å². The number of carboxylic acids is 1. The lowest BCUT2D eigenvalue weighted by Gasteiger charge is -2.29. The van der Waals surface area contributed by atoms with Crippen LogP contribution >= 0.6 is 0 Å². The third-order valence-electron chi connectivity index (χ3n) is 3.07. The zero-order chi connectivity index (χ0) is 14.1. The van der Waals surface area contributed by atoms with Gasteiger partial charge in [0.15, 0.2) is 0 Å². The maximum atomic E-state index is 12.8. The smallest absolute Gasteiger partial charge is 0.307 e. The first kappa shape index (κ1) is 14.9. The number of likely N-dealkylation sites (tertiary alicyclic amines) is 1. The molecule has 0 aromatic carbocycles. The van der Waals surface area contributed by atoms with Crippen molar-refractivity contribution in [2.24, 2.45) is 5.92 Å². The minimum absolute atomic E-state index is 0.147. The van der Waals surface area contributed by atoms with Crippen molar-refractivity contribution in [3.05, 3.63) is 0 Å². The van der Waals surface area contributed by atoms with E-state index in [9.17, 15) is 21.9 Å². The predicted molar refractivity (Wildman–Crippen MR) is 61.0 cm³/mol. The summed E-state index contributed by atoms with van der Waals surface area (Å²) in [5, 5.41) is 7.40. The Bertz CT molecular complexity index is 447. The summed E-state index contributed by atoms with van der Waals surface area (Å²) in [4.78, 5) is 23.6. The second kappa shape index (κ2) is 5.21. The van der Waals surface area contributed by atoms with Gasteiger partial charge in [-0.2, -0.15) is 8.42 Å². The zero-order valence-corrected chi connectivity index (χ0v) is 11.0. The Hall–Kier alpha value is -1.18. The molecule has 1 aliphatic heterocycles. The number of halogens is 1. The van der Waals surface area contributed by atoms with Crippen molar-refractivity contribution >= 4 is 22.1 Å². The van der Waals surface area contributed by atoms with E-state index in [0.717, 1.165) is 0 Å². The number of amides is 1. The van der Waals surface area contributed by atoms with Gasteiger partial charge >= 0.3 is 16.2 Å². The first-order valence-electron chi connectivity index (χ1n) is 5.57. The van der Waals surface area contributed by atoms with E-state index in [1.54, 1.807) is 13.8 Å². The predicted octanol–water partition coefficient (Wildman–Crippen LogP) is 0.386. The van der Waals surface area contributed by atoms with Gasteiger partial charge in [0.25, 0.3) is 0 Å². The van der Waals surface area contributed by atoms with Crippen LogP contribution in [0, 0.1) is 5.92 Å². The second-order valence-corrected chi connectivity index (χ2v) is 6.37. The Morgan fingerprint density at radius 1 is 1.56 bits per heavy atom. The van der Waals surface area contributed by atoms with Gasteiger partial charge in [-0.15, -0.1) is 3.89 Å². The topological polar surface area (TPSA) is 91.8 Å². The molecule has 0 radical (unpaired) electrons. The number of aliphatic carboxylic acids is 1. The summed E-state index contributed by atoms with van der Waals surface area (Å²) in [6, 6.07) is -0.609. The fourth-order valence-corrected chi connectivity index (χ4v) is 2.77. The molecule has 1 rings (SSSR count). The van der Waals surface area contributed by atoms with Gasteiger partial charge in [0.1, 0.15) is 5.25 Å². The molecule has 1 amide bonds. The third kappa shape index (κ3) is 3.41. The molecule has 1 N–H and O–H groups in total. The van der Waals surface area contributed by atoms with Crippen LogP contribution in [0.5, 0.6) is 0 Å². The minimum Gasteiger partial charge on any atom is -0.481 e. The van der Waals surface area contributed by atoms with Crippen LogP contribution in [0.15, 0.2) is 0 Å². The summed E-state index contributed by atoms with van der Waals surface area (Å²) in [5.41, 5.74) is 0. The van der Waals surface area contributed by atoms with Gasteiger partial charge in [0.05, 0.1) is 6.42 Å². The molecule has 2 unspecified atom stereocenters. The van der Waals surface area contributed by atoms with Gasteiger partial charge in [-0.3, -0.25) is 9.59 Å². The normalized spacial score (nSPS) is 22.6. The Morgan fingerprint density at radius 2 is 2.11 bits per heavy atom. The Kier molecular flexibility index (Phi) is 4.31. The number of hydrogen-bond donors (Lipinski definition) is 1. The summed E-state index contributed by atoms with van der Waals surface area (Å²) >= 11 is 0. The van der Waals surface area contributed by atoms with Gasteiger partial charge in [-0.25, -0.2) is 0 Å². The molecule has 2 atom stereocenters. The van der Waals surface area contributed by atoms with E-state index in [2.05, 4.69) is 0 Å². The lowest BCUT2D eigenvalue weighted by Crippen LogP contribution is -2.42. The average molecular weight is 281 g/mol. The van der Waals surface area contributed by atoms with E-state index < -0.39 is 39.8 Å². The molecule has 0 aliphatic carbocycles. The van der Waals surface area contributed by atoms with Crippen molar-refractivity contribution in [3.63, 3.8) is 0 Å². The monoisotopic (exact) mass is 281 g/mol. The van der Waals surface area contributed by atoms with Gasteiger partial charge in [-0.1, -0.05) is 13.8 Å². The average Bonchev–Trinajstić information content (AvgIpc) is 2.55. The second-order valence-electron chi connectivity index (χ2n) is 4.76. The molecule has 1 fully saturated rings. The van der Waals surface area contributed by atoms with Crippen molar-refractivity contribution in [1.29, 1.82) is 0 Å². The van der Waals surface area contributed by atoms with Crippen LogP contribution in [0.3, 0.4) is 0 Å². The maximum Gasteiger partial charge on any atom is 0.307 e. The first-order valence-corrected chi connectivity index (χ1v) is 7.02. The van der Waals surface area contributed by atoms with Gasteiger partial charge in [0, 0.05) is 19.0 Å². The SMILES string of the molecule is CC(C)C(CC(=O)O)N1CC(S(=O)(=O)F)CC1=O. The molecule has 0 aromatic heterocycles. The van der Waals surface area contributed by atoms with Gasteiger partial charge in [0.2, 0.25) is 5.91 Å². The molecule has 0 saturated carbocycles. The van der Waals surface area contributed by atoms with E-state index in [1.165, 1.54) is 4.90 Å². The van der Waals surface area contributed by atoms with E-state index in [-0.39, 0.29) is 18.9 Å². The quantitative estimate of drug-likeness (QED) is 0.736. The summed E-state index contributed by atoms with van der Waals surface area (Å²) in [6.45, 7) is 3.20. The maximum absolute atomic E-state index is 12.8. The minimum atomic E-state index is -4.77. The largest absolute Gasteiger partial charge is 0.481 e. The van der Waals surface area contributed by atoms with Gasteiger partial charge in [-0.05, 0) is 5.92 Å². The van der Waals surface area contributed by atoms with E-state index in [4.69, 9.17) is 5.11 Å². The lowest BCUT2D eigenvalue weighted by molar-refractivity contribution is -0.140. The van der Waals surface area contributed by atoms with Crippen molar-refractivity contribution in [2.45, 2.75) is 38.0 Å². The van der Waals surface area contributed by atoms with Crippen LogP contribution < -0.4 is 0 Å². The van der Waals surface area contributed by atoms with Crippen LogP contribution in [-0.2, 0) is 19.8 Å².